The minimum Gasteiger partial charge on any atom is -0.465 e. The number of esters is 1. The summed E-state index contributed by atoms with van der Waals surface area (Å²) in [5.41, 5.74) is 1.97. The summed E-state index contributed by atoms with van der Waals surface area (Å²) in [7, 11) is 1.30. The highest BCUT2D eigenvalue weighted by molar-refractivity contribution is 7.16. The number of amides is 2. The number of anilines is 1. The van der Waals surface area contributed by atoms with E-state index in [4.69, 9.17) is 9.47 Å². The van der Waals surface area contributed by atoms with Gasteiger partial charge >= 0.3 is 5.97 Å². The number of methoxy groups -OCH3 is 1. The number of nitrogens with one attached hydrogen (secondary N) is 2. The van der Waals surface area contributed by atoms with Crippen LogP contribution in [-0.4, -0.2) is 31.7 Å². The van der Waals surface area contributed by atoms with E-state index >= 15 is 0 Å². The van der Waals surface area contributed by atoms with E-state index in [2.05, 4.69) is 15.4 Å². The molecule has 176 valence electrons. The fraction of sp³-hybridized carbons (Fsp3) is 0.240. The summed E-state index contributed by atoms with van der Waals surface area (Å²) in [6.07, 6.45) is 0. The number of thiophene rings is 1. The van der Waals surface area contributed by atoms with Gasteiger partial charge < -0.3 is 24.8 Å². The summed E-state index contributed by atoms with van der Waals surface area (Å²) in [5.74, 6) is 0.369. The van der Waals surface area contributed by atoms with Crippen molar-refractivity contribution >= 4 is 34.1 Å². The summed E-state index contributed by atoms with van der Waals surface area (Å²) in [6, 6.07) is 13.4. The van der Waals surface area contributed by atoms with Crippen LogP contribution >= 0.6 is 11.3 Å². The number of hydrogen-bond acceptors (Lipinski definition) is 7. The molecule has 4 rings (SSSR count). The SMILES string of the molecule is COC(=O)c1ccc(C(=O)Nc2sc(C(C)C)cc2C(=O)NCc2ccc3c(c2)OCO3)cc1. The molecule has 0 saturated carbocycles. The standard InChI is InChI=1S/C25H24N2O6S/c1-14(2)21-11-18(23(29)26-12-15-4-9-19-20(10-15)33-13-32-19)24(34-21)27-22(28)16-5-7-17(8-6-16)25(30)31-3/h4-11,14H,12-13H2,1-3H3,(H,26,29)(H,27,28). The quantitative estimate of drug-likeness (QED) is 0.480. The van der Waals surface area contributed by atoms with Gasteiger partial charge in [0, 0.05) is 17.0 Å². The van der Waals surface area contributed by atoms with Gasteiger partial charge in [0.25, 0.3) is 11.8 Å². The molecule has 2 amide bonds. The van der Waals surface area contributed by atoms with Crippen molar-refractivity contribution in [3.63, 3.8) is 0 Å². The molecule has 2 heterocycles. The van der Waals surface area contributed by atoms with Gasteiger partial charge in [-0.25, -0.2) is 4.79 Å². The smallest absolute Gasteiger partial charge is 0.337 e. The van der Waals surface area contributed by atoms with Crippen molar-refractivity contribution < 1.29 is 28.6 Å². The van der Waals surface area contributed by atoms with Gasteiger partial charge in [-0.3, -0.25) is 9.59 Å². The molecule has 0 aliphatic carbocycles. The fourth-order valence-corrected chi connectivity index (χ4v) is 4.39. The summed E-state index contributed by atoms with van der Waals surface area (Å²) in [5, 5.41) is 6.22. The maximum absolute atomic E-state index is 13.0. The van der Waals surface area contributed by atoms with E-state index < -0.39 is 5.97 Å². The van der Waals surface area contributed by atoms with Gasteiger partial charge in [-0.1, -0.05) is 19.9 Å². The Kier molecular flexibility index (Phi) is 6.83. The highest BCUT2D eigenvalue weighted by atomic mass is 32.1. The summed E-state index contributed by atoms with van der Waals surface area (Å²) >= 11 is 1.37. The van der Waals surface area contributed by atoms with E-state index in [1.807, 2.05) is 32.0 Å². The predicted octanol–water partition coefficient (Wildman–Crippen LogP) is 4.57. The Bertz CT molecular complexity index is 1230. The zero-order chi connectivity index (χ0) is 24.2. The lowest BCUT2D eigenvalue weighted by Crippen LogP contribution is -2.24. The van der Waals surface area contributed by atoms with Crippen molar-refractivity contribution in [2.24, 2.45) is 0 Å². The normalized spacial score (nSPS) is 11.9. The second kappa shape index (κ2) is 9.96. The van der Waals surface area contributed by atoms with Crippen LogP contribution in [0.5, 0.6) is 11.5 Å². The van der Waals surface area contributed by atoms with Gasteiger partial charge in [-0.15, -0.1) is 11.3 Å². The molecule has 9 heteroatoms. The molecule has 3 aromatic rings. The number of benzene rings is 2. The molecule has 0 fully saturated rings. The van der Waals surface area contributed by atoms with Crippen LogP contribution < -0.4 is 20.1 Å². The second-order valence-electron chi connectivity index (χ2n) is 7.94. The van der Waals surface area contributed by atoms with Crippen LogP contribution in [0, 0.1) is 0 Å². The highest BCUT2D eigenvalue weighted by Gasteiger charge is 2.21. The molecule has 0 bridgehead atoms. The Labute approximate surface area is 200 Å². The van der Waals surface area contributed by atoms with Gasteiger partial charge in [0.15, 0.2) is 11.5 Å². The predicted molar refractivity (Wildman–Crippen MR) is 128 cm³/mol. The number of ether oxygens (including phenoxy) is 3. The number of hydrogen-bond donors (Lipinski definition) is 2. The molecule has 0 atom stereocenters. The zero-order valence-corrected chi connectivity index (χ0v) is 19.8. The van der Waals surface area contributed by atoms with Gasteiger partial charge in [0.1, 0.15) is 5.00 Å². The molecule has 2 N–H and O–H groups in total. The van der Waals surface area contributed by atoms with Gasteiger partial charge in [-0.2, -0.15) is 0 Å². The summed E-state index contributed by atoms with van der Waals surface area (Å²) in [4.78, 5) is 38.4. The third kappa shape index (κ3) is 5.04. The first-order valence-corrected chi connectivity index (χ1v) is 11.5. The summed E-state index contributed by atoms with van der Waals surface area (Å²) < 4.78 is 15.4. The highest BCUT2D eigenvalue weighted by Crippen LogP contribution is 2.34. The maximum atomic E-state index is 13.0. The summed E-state index contributed by atoms with van der Waals surface area (Å²) in [6.45, 7) is 4.53. The zero-order valence-electron chi connectivity index (χ0n) is 19.0. The molecule has 0 saturated heterocycles. The lowest BCUT2D eigenvalue weighted by molar-refractivity contribution is 0.0600. The molecule has 8 nitrogen and oxygen atoms in total. The second-order valence-corrected chi connectivity index (χ2v) is 9.02. The molecule has 0 spiro atoms. The largest absolute Gasteiger partial charge is 0.465 e. The van der Waals surface area contributed by atoms with Crippen molar-refractivity contribution in [1.29, 1.82) is 0 Å². The fourth-order valence-electron chi connectivity index (χ4n) is 3.34. The van der Waals surface area contributed by atoms with E-state index in [-0.39, 0.29) is 24.5 Å². The molecule has 0 unspecified atom stereocenters. The molecule has 1 aliphatic heterocycles. The van der Waals surface area contributed by atoms with Crippen molar-refractivity contribution in [2.45, 2.75) is 26.3 Å². The molecule has 1 aromatic heterocycles. The van der Waals surface area contributed by atoms with E-state index in [1.165, 1.54) is 42.7 Å². The average Bonchev–Trinajstić information content (AvgIpc) is 3.49. The molecule has 34 heavy (non-hydrogen) atoms. The first kappa shape index (κ1) is 23.3. The van der Waals surface area contributed by atoms with Crippen LogP contribution in [-0.2, 0) is 11.3 Å². The Balaban J connectivity index is 1.48. The van der Waals surface area contributed by atoms with E-state index in [1.54, 1.807) is 6.07 Å². The third-order valence-electron chi connectivity index (χ3n) is 5.25. The van der Waals surface area contributed by atoms with Crippen LogP contribution in [0.4, 0.5) is 5.00 Å². The monoisotopic (exact) mass is 480 g/mol. The van der Waals surface area contributed by atoms with Crippen LogP contribution in [0.2, 0.25) is 0 Å². The van der Waals surface area contributed by atoms with Gasteiger partial charge in [-0.05, 0) is 53.9 Å². The number of rotatable bonds is 7. The third-order valence-corrected chi connectivity index (χ3v) is 6.60. The molecular formula is C25H24N2O6S. The number of fused-ring (bicyclic) bond motifs is 1. The minimum atomic E-state index is -0.479. The lowest BCUT2D eigenvalue weighted by atomic mass is 10.1. The number of carbonyl (C=O) groups is 3. The molecular weight excluding hydrogens is 456 g/mol. The van der Waals surface area contributed by atoms with Crippen LogP contribution in [0.1, 0.15) is 61.3 Å². The Morgan fingerprint density at radius 3 is 2.38 bits per heavy atom. The lowest BCUT2D eigenvalue weighted by Gasteiger charge is -2.09. The Morgan fingerprint density at radius 1 is 0.971 bits per heavy atom. The Morgan fingerprint density at radius 2 is 1.68 bits per heavy atom. The average molecular weight is 481 g/mol. The molecule has 0 radical (unpaired) electrons. The van der Waals surface area contributed by atoms with Crippen LogP contribution in [0.3, 0.4) is 0 Å². The van der Waals surface area contributed by atoms with Crippen LogP contribution in [0.25, 0.3) is 0 Å². The maximum Gasteiger partial charge on any atom is 0.337 e. The Hall–Kier alpha value is -3.85. The van der Waals surface area contributed by atoms with Crippen molar-refractivity contribution in [1.82, 2.24) is 5.32 Å². The van der Waals surface area contributed by atoms with Crippen LogP contribution in [0.15, 0.2) is 48.5 Å². The topological polar surface area (TPSA) is 103 Å². The van der Waals surface area contributed by atoms with Gasteiger partial charge in [0.05, 0.1) is 18.2 Å². The van der Waals surface area contributed by atoms with Crippen molar-refractivity contribution in [3.05, 3.63) is 75.7 Å². The van der Waals surface area contributed by atoms with E-state index in [9.17, 15) is 14.4 Å². The van der Waals surface area contributed by atoms with Crippen molar-refractivity contribution in [3.8, 4) is 11.5 Å². The first-order chi connectivity index (χ1) is 16.4. The minimum absolute atomic E-state index is 0.187. The van der Waals surface area contributed by atoms with Gasteiger partial charge in [0.2, 0.25) is 6.79 Å². The molecule has 1 aliphatic rings. The van der Waals surface area contributed by atoms with E-state index in [0.717, 1.165) is 10.4 Å². The number of carbonyl (C=O) groups excluding carboxylic acids is 3. The first-order valence-electron chi connectivity index (χ1n) is 10.7. The van der Waals surface area contributed by atoms with Crippen molar-refractivity contribution in [2.75, 3.05) is 19.2 Å². The molecule has 2 aromatic carbocycles. The van der Waals surface area contributed by atoms with E-state index in [0.29, 0.717) is 39.7 Å².